The molecule has 1 rings (SSSR count). The Morgan fingerprint density at radius 2 is 0.750 bits per heavy atom. The van der Waals surface area contributed by atoms with Crippen LogP contribution in [0.3, 0.4) is 0 Å². The van der Waals surface area contributed by atoms with Crippen LogP contribution < -0.4 is 0 Å². The summed E-state index contributed by atoms with van der Waals surface area (Å²) >= 11 is 0. The zero-order chi connectivity index (χ0) is 16.0. The van der Waals surface area contributed by atoms with E-state index < -0.39 is 0 Å². The van der Waals surface area contributed by atoms with Gasteiger partial charge < -0.3 is 0 Å². The van der Waals surface area contributed by atoms with Crippen LogP contribution in [0.2, 0.25) is 0 Å². The summed E-state index contributed by atoms with van der Waals surface area (Å²) in [5.74, 6) is 0.563. The zero-order valence-electron chi connectivity index (χ0n) is 15.6. The molecule has 114 valence electrons. The van der Waals surface area contributed by atoms with E-state index in [2.05, 4.69) is 76.2 Å². The van der Waals surface area contributed by atoms with Crippen molar-refractivity contribution < 1.29 is 0 Å². The summed E-state index contributed by atoms with van der Waals surface area (Å²) in [6.07, 6.45) is 0. The first-order valence-corrected chi connectivity index (χ1v) is 7.87. The summed E-state index contributed by atoms with van der Waals surface area (Å²) in [7, 11) is 0. The topological polar surface area (TPSA) is 0 Å². The van der Waals surface area contributed by atoms with Crippen molar-refractivity contribution >= 4 is 0 Å². The van der Waals surface area contributed by atoms with E-state index in [4.69, 9.17) is 0 Å². The fraction of sp³-hybridized carbons (Fsp3) is 0.700. The molecule has 0 unspecified atom stereocenters. The molecule has 0 amide bonds. The Bertz CT molecular complexity index is 461. The molecular weight excluding hydrogens is 240 g/mol. The van der Waals surface area contributed by atoms with Crippen LogP contribution >= 0.6 is 0 Å². The van der Waals surface area contributed by atoms with Gasteiger partial charge in [0.2, 0.25) is 0 Å². The van der Waals surface area contributed by atoms with Crippen LogP contribution in [0.25, 0.3) is 0 Å². The number of hydrogen-bond acceptors (Lipinski definition) is 0. The molecule has 1 aromatic rings. The smallest absolute Gasteiger partial charge is 0.00591 e. The van der Waals surface area contributed by atoms with Gasteiger partial charge in [-0.1, -0.05) is 41.5 Å². The van der Waals surface area contributed by atoms with Crippen molar-refractivity contribution in [3.05, 3.63) is 33.4 Å². The lowest BCUT2D eigenvalue weighted by atomic mass is 9.61. The highest BCUT2D eigenvalue weighted by Gasteiger charge is 2.38. The van der Waals surface area contributed by atoms with Crippen molar-refractivity contribution in [3.63, 3.8) is 0 Å². The van der Waals surface area contributed by atoms with Crippen molar-refractivity contribution in [2.75, 3.05) is 0 Å². The van der Waals surface area contributed by atoms with Gasteiger partial charge in [-0.05, 0) is 84.7 Å². The average Bonchev–Trinajstić information content (AvgIpc) is 2.26. The van der Waals surface area contributed by atoms with E-state index in [0.29, 0.717) is 5.92 Å². The molecule has 0 aliphatic rings. The molecule has 0 heterocycles. The Balaban J connectivity index is 3.76. The molecule has 0 aliphatic heterocycles. The molecule has 0 aromatic heterocycles. The normalized spacial score (nSPS) is 13.2. The molecule has 0 nitrogen and oxygen atoms in total. The van der Waals surface area contributed by atoms with Gasteiger partial charge in [0.25, 0.3) is 0 Å². The first kappa shape index (κ1) is 17.3. The van der Waals surface area contributed by atoms with Gasteiger partial charge in [-0.2, -0.15) is 0 Å². The molecule has 0 aliphatic carbocycles. The molecule has 0 bridgehead atoms. The lowest BCUT2D eigenvalue weighted by molar-refractivity contribution is 0.174. The maximum absolute atomic E-state index is 2.38. The highest BCUT2D eigenvalue weighted by atomic mass is 14.4. The quantitative estimate of drug-likeness (QED) is 0.555. The van der Waals surface area contributed by atoms with Crippen molar-refractivity contribution in [3.8, 4) is 0 Å². The summed E-state index contributed by atoms with van der Waals surface area (Å²) in [5.41, 5.74) is 9.53. The van der Waals surface area contributed by atoms with Crippen LogP contribution in [0.15, 0.2) is 0 Å². The fourth-order valence-corrected chi connectivity index (χ4v) is 4.13. The standard InChI is InChI=1S/C20H34/c1-12-13(2)15(4)17(16(5)14(12)3)18(19(6,7)8)20(9,10)11/h18H,1-11H3. The molecule has 0 saturated carbocycles. The van der Waals surface area contributed by atoms with E-state index in [-0.39, 0.29) is 10.8 Å². The largest absolute Gasteiger partial charge is 0.0596 e. The number of rotatable bonds is 1. The minimum Gasteiger partial charge on any atom is -0.0596 e. The number of hydrogen-bond donors (Lipinski definition) is 0. The highest BCUT2D eigenvalue weighted by molar-refractivity contribution is 5.51. The molecule has 0 fully saturated rings. The molecule has 0 atom stereocenters. The molecule has 0 saturated heterocycles. The molecule has 0 spiro atoms. The second-order valence-electron chi connectivity index (χ2n) is 8.70. The van der Waals surface area contributed by atoms with Crippen molar-refractivity contribution in [2.45, 2.75) is 82.1 Å². The fourth-order valence-electron chi connectivity index (χ4n) is 4.13. The second kappa shape index (κ2) is 5.20. The van der Waals surface area contributed by atoms with Gasteiger partial charge in [0.05, 0.1) is 0 Å². The molecule has 0 N–H and O–H groups in total. The SMILES string of the molecule is Cc1c(C)c(C)c(C(C(C)(C)C)C(C)(C)C)c(C)c1C. The van der Waals surface area contributed by atoms with E-state index in [0.717, 1.165) is 0 Å². The van der Waals surface area contributed by atoms with Crippen LogP contribution in [-0.2, 0) is 0 Å². The minimum absolute atomic E-state index is 0.266. The van der Waals surface area contributed by atoms with Gasteiger partial charge in [0, 0.05) is 0 Å². The second-order valence-corrected chi connectivity index (χ2v) is 8.70. The van der Waals surface area contributed by atoms with E-state index >= 15 is 0 Å². The Morgan fingerprint density at radius 3 is 1.00 bits per heavy atom. The maximum atomic E-state index is 2.38. The average molecular weight is 274 g/mol. The van der Waals surface area contributed by atoms with Gasteiger partial charge in [-0.15, -0.1) is 0 Å². The van der Waals surface area contributed by atoms with Crippen LogP contribution in [0.1, 0.15) is 80.8 Å². The third kappa shape index (κ3) is 2.95. The van der Waals surface area contributed by atoms with Gasteiger partial charge in [-0.3, -0.25) is 0 Å². The maximum Gasteiger partial charge on any atom is -0.00591 e. The van der Waals surface area contributed by atoms with Crippen molar-refractivity contribution in [1.82, 2.24) is 0 Å². The van der Waals surface area contributed by atoms with Gasteiger partial charge >= 0.3 is 0 Å². The Hall–Kier alpha value is -0.780. The van der Waals surface area contributed by atoms with E-state index in [9.17, 15) is 0 Å². The molecule has 20 heavy (non-hydrogen) atoms. The van der Waals surface area contributed by atoms with E-state index in [1.807, 2.05) is 0 Å². The van der Waals surface area contributed by atoms with E-state index in [1.165, 1.54) is 27.8 Å². The molecule has 0 radical (unpaired) electrons. The monoisotopic (exact) mass is 274 g/mol. The number of benzene rings is 1. The van der Waals surface area contributed by atoms with Gasteiger partial charge in [0.1, 0.15) is 0 Å². The van der Waals surface area contributed by atoms with Crippen LogP contribution in [0, 0.1) is 45.4 Å². The third-order valence-electron chi connectivity index (χ3n) is 5.08. The first-order chi connectivity index (χ1) is 8.80. The Labute approximate surface area is 127 Å². The highest BCUT2D eigenvalue weighted by Crippen LogP contribution is 2.50. The Morgan fingerprint density at radius 1 is 0.500 bits per heavy atom. The van der Waals surface area contributed by atoms with Gasteiger partial charge in [0.15, 0.2) is 0 Å². The summed E-state index contributed by atoms with van der Waals surface area (Å²) in [6, 6.07) is 0. The van der Waals surface area contributed by atoms with Crippen LogP contribution in [0.5, 0.6) is 0 Å². The molecule has 1 aromatic carbocycles. The lowest BCUT2D eigenvalue weighted by Crippen LogP contribution is -2.32. The predicted octanol–water partition coefficient (Wildman–Crippen LogP) is 6.40. The summed E-state index contributed by atoms with van der Waals surface area (Å²) in [5, 5.41) is 0. The van der Waals surface area contributed by atoms with E-state index in [1.54, 1.807) is 5.56 Å². The summed E-state index contributed by atoms with van der Waals surface area (Å²) in [6.45, 7) is 25.7. The van der Waals surface area contributed by atoms with Crippen LogP contribution in [0.4, 0.5) is 0 Å². The summed E-state index contributed by atoms with van der Waals surface area (Å²) in [4.78, 5) is 0. The lowest BCUT2D eigenvalue weighted by Gasteiger charge is -2.43. The van der Waals surface area contributed by atoms with Crippen molar-refractivity contribution in [2.24, 2.45) is 10.8 Å². The molecular formula is C20H34. The Kier molecular flexibility index (Phi) is 4.49. The van der Waals surface area contributed by atoms with Crippen LogP contribution in [-0.4, -0.2) is 0 Å². The molecule has 0 heteroatoms. The van der Waals surface area contributed by atoms with Gasteiger partial charge in [-0.25, -0.2) is 0 Å². The third-order valence-corrected chi connectivity index (χ3v) is 5.08. The van der Waals surface area contributed by atoms with Crippen molar-refractivity contribution in [1.29, 1.82) is 0 Å². The predicted molar refractivity (Wildman–Crippen MR) is 91.8 cm³/mol. The minimum atomic E-state index is 0.266. The summed E-state index contributed by atoms with van der Waals surface area (Å²) < 4.78 is 0. The first-order valence-electron chi connectivity index (χ1n) is 7.87. The zero-order valence-corrected chi connectivity index (χ0v) is 15.6.